The first-order chi connectivity index (χ1) is 13.6. The Bertz CT molecular complexity index is 1020. The van der Waals surface area contributed by atoms with Gasteiger partial charge in [-0.25, -0.2) is 4.98 Å². The summed E-state index contributed by atoms with van der Waals surface area (Å²) in [7, 11) is 0. The van der Waals surface area contributed by atoms with Crippen molar-refractivity contribution in [2.24, 2.45) is 0 Å². The number of benzene rings is 2. The highest BCUT2D eigenvalue weighted by Gasteiger charge is 2.18. The summed E-state index contributed by atoms with van der Waals surface area (Å²) in [4.78, 5) is 21.5. The van der Waals surface area contributed by atoms with E-state index in [1.165, 1.54) is 23.0 Å². The van der Waals surface area contributed by atoms with Gasteiger partial charge in [-0.15, -0.1) is 0 Å². The molecule has 2 heterocycles. The van der Waals surface area contributed by atoms with Crippen LogP contribution >= 0.6 is 0 Å². The van der Waals surface area contributed by atoms with Crippen molar-refractivity contribution in [3.05, 3.63) is 70.1 Å². The molecular formula is C23H28N4O. The molecule has 0 amide bonds. The number of piperazine rings is 1. The second-order valence-corrected chi connectivity index (χ2v) is 7.64. The molecule has 0 radical (unpaired) electrons. The van der Waals surface area contributed by atoms with E-state index < -0.39 is 0 Å². The summed E-state index contributed by atoms with van der Waals surface area (Å²) in [5.41, 5.74) is 5.90. The van der Waals surface area contributed by atoms with E-state index >= 15 is 0 Å². The maximum Gasteiger partial charge on any atom is 0.269 e. The van der Waals surface area contributed by atoms with Crippen molar-refractivity contribution in [2.45, 2.75) is 26.8 Å². The maximum atomic E-state index is 12.3. The van der Waals surface area contributed by atoms with E-state index in [4.69, 9.17) is 0 Å². The Morgan fingerprint density at radius 3 is 2.54 bits per heavy atom. The third kappa shape index (κ3) is 3.80. The van der Waals surface area contributed by atoms with Crippen LogP contribution in [0.15, 0.2) is 53.5 Å². The molecule has 146 valence electrons. The van der Waals surface area contributed by atoms with Gasteiger partial charge in [0.2, 0.25) is 0 Å². The van der Waals surface area contributed by atoms with Gasteiger partial charge in [0.15, 0.2) is 0 Å². The minimum absolute atomic E-state index is 0.0153. The van der Waals surface area contributed by atoms with Gasteiger partial charge in [0, 0.05) is 38.4 Å². The van der Waals surface area contributed by atoms with Crippen LogP contribution in [0.4, 0.5) is 5.69 Å². The highest BCUT2D eigenvalue weighted by atomic mass is 16.1. The molecule has 0 bridgehead atoms. The zero-order valence-corrected chi connectivity index (χ0v) is 16.8. The molecule has 1 aromatic heterocycles. The van der Waals surface area contributed by atoms with Crippen LogP contribution in [0.1, 0.15) is 17.5 Å². The summed E-state index contributed by atoms with van der Waals surface area (Å²) < 4.78 is 1.86. The van der Waals surface area contributed by atoms with Crippen LogP contribution in [0.3, 0.4) is 0 Å². The average molecular weight is 377 g/mol. The van der Waals surface area contributed by atoms with Gasteiger partial charge in [0.05, 0.1) is 17.2 Å². The molecule has 5 heteroatoms. The molecule has 28 heavy (non-hydrogen) atoms. The molecule has 0 saturated carbocycles. The molecule has 1 aliphatic rings. The molecule has 1 fully saturated rings. The van der Waals surface area contributed by atoms with Crippen LogP contribution in [0.2, 0.25) is 0 Å². The number of para-hydroxylation sites is 2. The lowest BCUT2D eigenvalue weighted by molar-refractivity contribution is 0.250. The van der Waals surface area contributed by atoms with Gasteiger partial charge in [-0.2, -0.15) is 0 Å². The molecule has 1 saturated heterocycles. The molecule has 0 aliphatic carbocycles. The fourth-order valence-corrected chi connectivity index (χ4v) is 4.09. The Balaban J connectivity index is 1.34. The monoisotopic (exact) mass is 376 g/mol. The number of anilines is 1. The van der Waals surface area contributed by atoms with E-state index in [2.05, 4.69) is 46.8 Å². The molecule has 3 aromatic rings. The van der Waals surface area contributed by atoms with E-state index in [0.717, 1.165) is 56.7 Å². The minimum atomic E-state index is -0.0153. The lowest BCUT2D eigenvalue weighted by atomic mass is 10.1. The first kappa shape index (κ1) is 18.7. The fourth-order valence-electron chi connectivity index (χ4n) is 4.09. The summed E-state index contributed by atoms with van der Waals surface area (Å²) in [6, 6.07) is 14.4. The average Bonchev–Trinajstić information content (AvgIpc) is 2.72. The predicted octanol–water partition coefficient (Wildman–Crippen LogP) is 3.23. The van der Waals surface area contributed by atoms with Gasteiger partial charge in [0.25, 0.3) is 5.56 Å². The lowest BCUT2D eigenvalue weighted by Gasteiger charge is -2.37. The summed E-state index contributed by atoms with van der Waals surface area (Å²) in [5.74, 6) is 0. The van der Waals surface area contributed by atoms with Gasteiger partial charge in [0.1, 0.15) is 0 Å². The number of aromatic nitrogens is 2. The number of aryl methyl sites for hydroxylation is 2. The van der Waals surface area contributed by atoms with Crippen LogP contribution in [-0.4, -0.2) is 47.2 Å². The van der Waals surface area contributed by atoms with Crippen LogP contribution in [0.5, 0.6) is 0 Å². The Morgan fingerprint density at radius 1 is 0.929 bits per heavy atom. The molecular weight excluding hydrogens is 348 g/mol. The molecule has 0 unspecified atom stereocenters. The Labute approximate surface area is 166 Å². The number of nitrogens with zero attached hydrogens (tertiary/aromatic N) is 4. The van der Waals surface area contributed by atoms with Gasteiger partial charge in [-0.05, 0) is 56.1 Å². The zero-order valence-electron chi connectivity index (χ0n) is 16.8. The van der Waals surface area contributed by atoms with E-state index in [0.29, 0.717) is 0 Å². The molecule has 0 N–H and O–H groups in total. The van der Waals surface area contributed by atoms with Crippen molar-refractivity contribution in [3.8, 4) is 0 Å². The van der Waals surface area contributed by atoms with E-state index in [1.54, 1.807) is 0 Å². The Hall–Kier alpha value is -2.66. The highest BCUT2D eigenvalue weighted by Crippen LogP contribution is 2.23. The Kier molecular flexibility index (Phi) is 5.44. The largest absolute Gasteiger partial charge is 0.369 e. The normalized spacial score (nSPS) is 15.3. The maximum absolute atomic E-state index is 12.3. The van der Waals surface area contributed by atoms with Crippen LogP contribution in [0.25, 0.3) is 11.0 Å². The topological polar surface area (TPSA) is 41.4 Å². The first-order valence-electron chi connectivity index (χ1n) is 10.1. The third-order valence-electron chi connectivity index (χ3n) is 5.90. The van der Waals surface area contributed by atoms with Crippen LogP contribution in [0, 0.1) is 13.8 Å². The molecule has 5 nitrogen and oxygen atoms in total. The lowest BCUT2D eigenvalue weighted by Crippen LogP contribution is -2.47. The zero-order chi connectivity index (χ0) is 19.5. The molecule has 1 aliphatic heterocycles. The number of hydrogen-bond acceptors (Lipinski definition) is 4. The van der Waals surface area contributed by atoms with Crippen molar-refractivity contribution in [1.82, 2.24) is 14.5 Å². The second kappa shape index (κ2) is 8.15. The predicted molar refractivity (Wildman–Crippen MR) is 115 cm³/mol. The highest BCUT2D eigenvalue weighted by molar-refractivity contribution is 5.74. The number of hydrogen-bond donors (Lipinski definition) is 0. The van der Waals surface area contributed by atoms with Crippen molar-refractivity contribution in [2.75, 3.05) is 37.6 Å². The molecule has 0 atom stereocenters. The van der Waals surface area contributed by atoms with Gasteiger partial charge >= 0.3 is 0 Å². The molecule has 2 aromatic carbocycles. The van der Waals surface area contributed by atoms with Crippen LogP contribution < -0.4 is 10.5 Å². The third-order valence-corrected chi connectivity index (χ3v) is 5.90. The summed E-state index contributed by atoms with van der Waals surface area (Å²) in [6.45, 7) is 10.4. The standard InChI is InChI=1S/C23H28N4O/c1-18-7-5-10-21(19(18)2)26-15-13-25(14-16-26)11-6-12-27-22-9-4-3-8-20(22)24-17-23(27)28/h3-5,7-10,17H,6,11-16H2,1-2H3. The number of fused-ring (bicyclic) bond motifs is 1. The summed E-state index contributed by atoms with van der Waals surface area (Å²) >= 11 is 0. The van der Waals surface area contributed by atoms with Crippen molar-refractivity contribution >= 4 is 16.7 Å². The fraction of sp³-hybridized carbons (Fsp3) is 0.391. The van der Waals surface area contributed by atoms with Gasteiger partial charge in [-0.1, -0.05) is 24.3 Å². The van der Waals surface area contributed by atoms with E-state index in [-0.39, 0.29) is 5.56 Å². The molecule has 4 rings (SSSR count). The molecule has 0 spiro atoms. The van der Waals surface area contributed by atoms with Gasteiger partial charge in [-0.3, -0.25) is 9.69 Å². The minimum Gasteiger partial charge on any atom is -0.369 e. The van der Waals surface area contributed by atoms with E-state index in [9.17, 15) is 4.79 Å². The van der Waals surface area contributed by atoms with Crippen LogP contribution in [-0.2, 0) is 6.54 Å². The van der Waals surface area contributed by atoms with Crippen molar-refractivity contribution in [3.63, 3.8) is 0 Å². The summed E-state index contributed by atoms with van der Waals surface area (Å²) in [5, 5.41) is 0. The number of rotatable bonds is 5. The van der Waals surface area contributed by atoms with E-state index in [1.807, 2.05) is 28.8 Å². The Morgan fingerprint density at radius 2 is 1.71 bits per heavy atom. The van der Waals surface area contributed by atoms with Crippen molar-refractivity contribution < 1.29 is 0 Å². The smallest absolute Gasteiger partial charge is 0.269 e. The first-order valence-corrected chi connectivity index (χ1v) is 10.1. The van der Waals surface area contributed by atoms with Crippen molar-refractivity contribution in [1.29, 1.82) is 0 Å². The SMILES string of the molecule is Cc1cccc(N2CCN(CCCn3c(=O)cnc4ccccc43)CC2)c1C. The quantitative estimate of drug-likeness (QED) is 0.686. The second-order valence-electron chi connectivity index (χ2n) is 7.64. The summed E-state index contributed by atoms with van der Waals surface area (Å²) in [6.07, 6.45) is 2.41. The van der Waals surface area contributed by atoms with Gasteiger partial charge < -0.3 is 9.47 Å².